The number of nitrogens with zero attached hydrogens (tertiary/aromatic N) is 8. The normalized spacial score (nSPS) is 18.8. The Labute approximate surface area is 343 Å². The molecule has 0 bridgehead atoms. The molecule has 9 rings (SSSR count). The molecule has 3 amide bonds. The summed E-state index contributed by atoms with van der Waals surface area (Å²) in [5, 5.41) is 11.9. The molecule has 1 aromatic heterocycles. The number of aromatic nitrogens is 2. The van der Waals surface area contributed by atoms with E-state index in [1.54, 1.807) is 17.0 Å². The lowest BCUT2D eigenvalue weighted by Gasteiger charge is -2.39. The van der Waals surface area contributed by atoms with E-state index in [0.717, 1.165) is 94.5 Å². The summed E-state index contributed by atoms with van der Waals surface area (Å²) in [6, 6.07) is 20.8. The third-order valence-electron chi connectivity index (χ3n) is 12.0. The molecular weight excluding hydrogens is 773 g/mol. The Hall–Kier alpha value is -6.70. The van der Waals surface area contributed by atoms with Crippen LogP contribution in [0.15, 0.2) is 83.9 Å². The number of hydrogen-bond acceptors (Lipinski definition) is 11. The molecule has 0 saturated carbocycles. The lowest BCUT2D eigenvalue weighted by atomic mass is 10.0. The average molecular weight is 814 g/mol. The van der Waals surface area contributed by atoms with Crippen LogP contribution in [-0.4, -0.2) is 113 Å². The van der Waals surface area contributed by atoms with E-state index < -0.39 is 34.9 Å². The third-order valence-corrected chi connectivity index (χ3v) is 12.0. The Morgan fingerprint density at radius 3 is 2.10 bits per heavy atom. The number of nitrogens with one attached hydrogen (secondary N) is 1. The van der Waals surface area contributed by atoms with Crippen molar-refractivity contribution in [3.63, 3.8) is 0 Å². The van der Waals surface area contributed by atoms with Crippen LogP contribution in [-0.2, 0) is 16.1 Å². The quantitative estimate of drug-likeness (QED) is 0.215. The Morgan fingerprint density at radius 1 is 0.767 bits per heavy atom. The number of benzene rings is 4. The third kappa shape index (κ3) is 7.53. The molecule has 0 spiro atoms. The number of carbonyl (C=O) groups excluding carboxylic acids is 3. The highest BCUT2D eigenvalue weighted by Gasteiger charge is 2.39. The monoisotopic (exact) mass is 813 g/mol. The van der Waals surface area contributed by atoms with Gasteiger partial charge in [-0.05, 0) is 84.8 Å². The van der Waals surface area contributed by atoms with Crippen LogP contribution in [0.25, 0.3) is 16.6 Å². The van der Waals surface area contributed by atoms with Gasteiger partial charge >= 0.3 is 0 Å². The van der Waals surface area contributed by atoms with Gasteiger partial charge in [-0.15, -0.1) is 0 Å². The number of rotatable bonds is 9. The molecule has 4 aliphatic rings. The van der Waals surface area contributed by atoms with Crippen LogP contribution >= 0.6 is 0 Å². The molecule has 5 aromatic rings. The van der Waals surface area contributed by atoms with Crippen LogP contribution in [0.5, 0.6) is 11.5 Å². The zero-order valence-corrected chi connectivity index (χ0v) is 32.7. The minimum absolute atomic E-state index is 0.0623. The van der Waals surface area contributed by atoms with E-state index in [2.05, 4.69) is 36.0 Å². The first-order valence-electron chi connectivity index (χ1n) is 20.0. The van der Waals surface area contributed by atoms with Gasteiger partial charge < -0.3 is 19.4 Å². The van der Waals surface area contributed by atoms with Crippen LogP contribution in [0, 0.1) is 23.0 Å². The maximum Gasteiger partial charge on any atom is 0.265 e. The van der Waals surface area contributed by atoms with Crippen LogP contribution in [0.2, 0.25) is 0 Å². The fourth-order valence-corrected chi connectivity index (χ4v) is 8.53. The fourth-order valence-electron chi connectivity index (χ4n) is 8.53. The molecular formula is C44H41F2N9O5. The standard InChI is InChI=1S/C44H41F2N9O5/c45-36-8-9-37(46)41(35(36)25-47)60-32-6-10-38-34(24-32)44(59)55(27-48-38)30-3-1-29(2-4-30)52-19-15-50(16-20-52)13-14-51-17-21-53(22-18-51)31-5-7-33-28(23-31)26-54(43(33)58)39-11-12-40(56)49-42(39)57/h1-10,23-24,27,39H,11-22,26H2,(H,49,56,57). The van der Waals surface area contributed by atoms with Gasteiger partial charge in [0.25, 0.3) is 11.5 Å². The van der Waals surface area contributed by atoms with Crippen molar-refractivity contribution in [2.45, 2.75) is 25.4 Å². The first kappa shape index (κ1) is 38.8. The first-order valence-corrected chi connectivity index (χ1v) is 20.0. The number of imide groups is 1. The summed E-state index contributed by atoms with van der Waals surface area (Å²) in [6.07, 6.45) is 2.04. The molecule has 5 heterocycles. The van der Waals surface area contributed by atoms with E-state index in [-0.39, 0.29) is 34.9 Å². The summed E-state index contributed by atoms with van der Waals surface area (Å²) >= 11 is 0. The van der Waals surface area contributed by atoms with Gasteiger partial charge in [0.15, 0.2) is 11.6 Å². The molecule has 1 unspecified atom stereocenters. The predicted octanol–water partition coefficient (Wildman–Crippen LogP) is 4.03. The van der Waals surface area contributed by atoms with Crippen molar-refractivity contribution in [2.24, 2.45) is 0 Å². The highest BCUT2D eigenvalue weighted by atomic mass is 19.1. The van der Waals surface area contributed by atoms with Gasteiger partial charge in [0.1, 0.15) is 35.6 Å². The largest absolute Gasteiger partial charge is 0.453 e. The lowest BCUT2D eigenvalue weighted by molar-refractivity contribution is -0.136. The second-order valence-electron chi connectivity index (χ2n) is 15.5. The SMILES string of the molecule is N#Cc1c(F)ccc(F)c1Oc1ccc2ncn(-c3ccc(N4CCN(CCN5CCN(c6ccc7c(c6)CN(C6CCC(=O)NC6=O)C7=O)CC5)CC4)cc3)c(=O)c2c1. The van der Waals surface area contributed by atoms with Crippen molar-refractivity contribution in [3.05, 3.63) is 118 Å². The van der Waals surface area contributed by atoms with Gasteiger partial charge in [0.05, 0.1) is 16.6 Å². The van der Waals surface area contributed by atoms with Crippen LogP contribution in [0.3, 0.4) is 0 Å². The van der Waals surface area contributed by atoms with Crippen LogP contribution < -0.4 is 25.4 Å². The Kier molecular flexibility index (Phi) is 10.4. The highest BCUT2D eigenvalue weighted by molar-refractivity contribution is 6.05. The lowest BCUT2D eigenvalue weighted by Crippen LogP contribution is -2.52. The zero-order valence-electron chi connectivity index (χ0n) is 32.7. The van der Waals surface area contributed by atoms with Crippen molar-refractivity contribution in [1.82, 2.24) is 29.6 Å². The summed E-state index contributed by atoms with van der Waals surface area (Å²) in [6.45, 7) is 9.56. The number of nitriles is 1. The second-order valence-corrected chi connectivity index (χ2v) is 15.5. The van der Waals surface area contributed by atoms with E-state index in [4.69, 9.17) is 4.74 Å². The van der Waals surface area contributed by atoms with Crippen LogP contribution in [0.4, 0.5) is 20.2 Å². The average Bonchev–Trinajstić information content (AvgIpc) is 3.59. The molecule has 0 radical (unpaired) electrons. The number of fused-ring (bicyclic) bond motifs is 2. The number of piperazine rings is 2. The van der Waals surface area contributed by atoms with Crippen molar-refractivity contribution in [3.8, 4) is 23.3 Å². The number of piperidine rings is 1. The summed E-state index contributed by atoms with van der Waals surface area (Å²) in [5.41, 5.74) is 3.76. The minimum atomic E-state index is -0.911. The molecule has 1 atom stereocenters. The Balaban J connectivity index is 0.754. The molecule has 0 aliphatic carbocycles. The number of hydrogen-bond donors (Lipinski definition) is 1. The summed E-state index contributed by atoms with van der Waals surface area (Å²) in [4.78, 5) is 66.5. The predicted molar refractivity (Wildman–Crippen MR) is 218 cm³/mol. The molecule has 4 aromatic carbocycles. The Morgan fingerprint density at radius 2 is 1.42 bits per heavy atom. The van der Waals surface area contributed by atoms with Crippen LogP contribution in [0.1, 0.15) is 34.3 Å². The highest BCUT2D eigenvalue weighted by Crippen LogP contribution is 2.33. The van der Waals surface area contributed by atoms with Gasteiger partial charge in [-0.3, -0.25) is 38.9 Å². The van der Waals surface area contributed by atoms with Crippen molar-refractivity contribution in [2.75, 3.05) is 75.2 Å². The maximum atomic E-state index is 14.5. The van der Waals surface area contributed by atoms with Crippen molar-refractivity contribution >= 4 is 40.0 Å². The van der Waals surface area contributed by atoms with Gasteiger partial charge in [0, 0.05) is 95.4 Å². The number of ether oxygens (including phenoxy) is 1. The van der Waals surface area contributed by atoms with Crippen molar-refractivity contribution < 1.29 is 27.9 Å². The number of halogens is 2. The smallest absolute Gasteiger partial charge is 0.265 e. The molecule has 3 fully saturated rings. The van der Waals surface area contributed by atoms with E-state index in [1.165, 1.54) is 23.0 Å². The molecule has 3 saturated heterocycles. The minimum Gasteiger partial charge on any atom is -0.453 e. The second kappa shape index (κ2) is 16.2. The summed E-state index contributed by atoms with van der Waals surface area (Å²) < 4.78 is 35.6. The maximum absolute atomic E-state index is 14.5. The Bertz CT molecular complexity index is 2610. The topological polar surface area (TPSA) is 147 Å². The van der Waals surface area contributed by atoms with Gasteiger partial charge in [0.2, 0.25) is 11.8 Å². The zero-order chi connectivity index (χ0) is 41.5. The summed E-state index contributed by atoms with van der Waals surface area (Å²) in [7, 11) is 0. The molecule has 16 heteroatoms. The van der Waals surface area contributed by atoms with E-state index >= 15 is 0 Å². The van der Waals surface area contributed by atoms with Gasteiger partial charge in [-0.2, -0.15) is 5.26 Å². The van der Waals surface area contributed by atoms with Gasteiger partial charge in [-0.1, -0.05) is 0 Å². The summed E-state index contributed by atoms with van der Waals surface area (Å²) in [5.74, 6) is -3.15. The number of amides is 3. The molecule has 4 aliphatic heterocycles. The molecule has 1 N–H and O–H groups in total. The molecule has 60 heavy (non-hydrogen) atoms. The van der Waals surface area contributed by atoms with E-state index in [0.29, 0.717) is 29.7 Å². The molecule has 306 valence electrons. The van der Waals surface area contributed by atoms with E-state index in [1.807, 2.05) is 36.4 Å². The van der Waals surface area contributed by atoms with E-state index in [9.17, 15) is 33.2 Å². The number of carbonyl (C=O) groups is 3. The van der Waals surface area contributed by atoms with Crippen molar-refractivity contribution in [1.29, 1.82) is 5.26 Å². The van der Waals surface area contributed by atoms with Gasteiger partial charge in [-0.25, -0.2) is 13.8 Å². The first-order chi connectivity index (χ1) is 29.1. The number of anilines is 2. The fraction of sp³-hybridized carbons (Fsp3) is 0.318. The molecule has 14 nitrogen and oxygen atoms in total.